The number of aliphatic imine (C=N–C) groups is 1. The molecule has 1 unspecified atom stereocenters. The number of nitrogens with zero attached hydrogens (tertiary/aromatic N) is 2. The minimum atomic E-state index is -2.81. The van der Waals surface area contributed by atoms with Crippen molar-refractivity contribution < 1.29 is 18.4 Å². The molecule has 1 aromatic rings. The van der Waals surface area contributed by atoms with E-state index in [0.717, 1.165) is 12.1 Å². The van der Waals surface area contributed by atoms with E-state index in [-0.39, 0.29) is 22.2 Å². The van der Waals surface area contributed by atoms with Crippen molar-refractivity contribution in [2.24, 2.45) is 4.99 Å². The van der Waals surface area contributed by atoms with Gasteiger partial charge >= 0.3 is 0 Å². The predicted molar refractivity (Wildman–Crippen MR) is 55.9 cm³/mol. The molecule has 0 aliphatic carbocycles. The van der Waals surface area contributed by atoms with Crippen LogP contribution in [0.25, 0.3) is 0 Å². The number of non-ortho nitro benzene ring substituents is 1. The lowest BCUT2D eigenvalue weighted by atomic mass is 10.1. The van der Waals surface area contributed by atoms with Crippen LogP contribution in [-0.4, -0.2) is 22.7 Å². The fraction of sp³-hybridized carbons (Fsp3) is 0.222. The highest BCUT2D eigenvalue weighted by Crippen LogP contribution is 2.31. The fourth-order valence-electron chi connectivity index (χ4n) is 1.34. The van der Waals surface area contributed by atoms with E-state index in [9.17, 15) is 18.9 Å². The molecule has 8 heteroatoms. The molecule has 90 valence electrons. The summed E-state index contributed by atoms with van der Waals surface area (Å²) in [6.07, 6.45) is -4.48. The Kier molecular flexibility index (Phi) is 2.93. The summed E-state index contributed by atoms with van der Waals surface area (Å²) in [7, 11) is 0. The van der Waals surface area contributed by atoms with Crippen LogP contribution in [0.4, 0.5) is 14.5 Å². The maximum atomic E-state index is 12.4. The SMILES string of the molecule is O=[N+]([O-])c1ccc2c(c1)C(Cl)=NC(C(F)F)O2. The zero-order chi connectivity index (χ0) is 12.6. The van der Waals surface area contributed by atoms with Gasteiger partial charge < -0.3 is 4.74 Å². The molecule has 1 aromatic carbocycles. The van der Waals surface area contributed by atoms with Gasteiger partial charge in [0.25, 0.3) is 18.3 Å². The van der Waals surface area contributed by atoms with E-state index in [0.29, 0.717) is 0 Å². The summed E-state index contributed by atoms with van der Waals surface area (Å²) in [6, 6.07) is 3.50. The lowest BCUT2D eigenvalue weighted by Crippen LogP contribution is -2.28. The number of alkyl halides is 2. The summed E-state index contributed by atoms with van der Waals surface area (Å²) < 4.78 is 29.6. The van der Waals surface area contributed by atoms with Gasteiger partial charge in [0.1, 0.15) is 10.9 Å². The second kappa shape index (κ2) is 4.25. The number of rotatable bonds is 2. The maximum Gasteiger partial charge on any atom is 0.295 e. The summed E-state index contributed by atoms with van der Waals surface area (Å²) >= 11 is 5.68. The summed E-state index contributed by atoms with van der Waals surface area (Å²) in [5, 5.41) is 10.3. The quantitative estimate of drug-likeness (QED) is 0.608. The monoisotopic (exact) mass is 262 g/mol. The normalized spacial score (nSPS) is 18.4. The molecule has 17 heavy (non-hydrogen) atoms. The molecule has 2 rings (SSSR count). The van der Waals surface area contributed by atoms with Gasteiger partial charge in [-0.3, -0.25) is 10.1 Å². The maximum absolute atomic E-state index is 12.4. The molecule has 1 atom stereocenters. The minimum Gasteiger partial charge on any atom is -0.462 e. The number of benzene rings is 1. The van der Waals surface area contributed by atoms with Gasteiger partial charge in [-0.15, -0.1) is 0 Å². The first-order valence-corrected chi connectivity index (χ1v) is 4.84. The van der Waals surface area contributed by atoms with Crippen LogP contribution < -0.4 is 4.74 Å². The minimum absolute atomic E-state index is 0.0564. The largest absolute Gasteiger partial charge is 0.462 e. The van der Waals surface area contributed by atoms with E-state index >= 15 is 0 Å². The van der Waals surface area contributed by atoms with E-state index in [1.54, 1.807) is 0 Å². The second-order valence-electron chi connectivity index (χ2n) is 3.20. The average Bonchev–Trinajstić information content (AvgIpc) is 2.28. The van der Waals surface area contributed by atoms with Gasteiger partial charge in [-0.25, -0.2) is 13.8 Å². The van der Waals surface area contributed by atoms with Crippen molar-refractivity contribution in [1.29, 1.82) is 0 Å². The van der Waals surface area contributed by atoms with Crippen LogP contribution in [0.2, 0.25) is 0 Å². The number of fused-ring (bicyclic) bond motifs is 1. The van der Waals surface area contributed by atoms with Crippen LogP contribution in [0.3, 0.4) is 0 Å². The smallest absolute Gasteiger partial charge is 0.295 e. The Morgan fingerprint density at radius 3 is 2.82 bits per heavy atom. The Hall–Kier alpha value is -1.76. The third kappa shape index (κ3) is 2.19. The van der Waals surface area contributed by atoms with Crippen LogP contribution in [0, 0.1) is 10.1 Å². The Bertz CT molecular complexity index is 507. The Morgan fingerprint density at radius 2 is 2.24 bits per heavy atom. The Morgan fingerprint density at radius 1 is 1.53 bits per heavy atom. The zero-order valence-corrected chi connectivity index (χ0v) is 8.90. The molecule has 1 heterocycles. The Balaban J connectivity index is 2.43. The van der Waals surface area contributed by atoms with E-state index in [2.05, 4.69) is 4.99 Å². The van der Waals surface area contributed by atoms with Gasteiger partial charge in [-0.05, 0) is 6.07 Å². The van der Waals surface area contributed by atoms with Crippen molar-refractivity contribution in [1.82, 2.24) is 0 Å². The lowest BCUT2D eigenvalue weighted by Gasteiger charge is -2.21. The van der Waals surface area contributed by atoms with Gasteiger partial charge in [-0.2, -0.15) is 0 Å². The standard InChI is InChI=1S/C9H5ClF2N2O3/c10-7-5-3-4(14(15)16)1-2-6(5)17-9(13-7)8(11)12/h1-3,8-9H. The molecular formula is C9H5ClF2N2O3. The van der Waals surface area contributed by atoms with E-state index in [1.165, 1.54) is 6.07 Å². The molecule has 0 spiro atoms. The predicted octanol–water partition coefficient (Wildman–Crippen LogP) is 2.56. The molecule has 0 aromatic heterocycles. The molecule has 0 saturated heterocycles. The number of hydrogen-bond donors (Lipinski definition) is 0. The van der Waals surface area contributed by atoms with E-state index in [1.807, 2.05) is 0 Å². The first-order valence-electron chi connectivity index (χ1n) is 4.46. The van der Waals surface area contributed by atoms with Crippen LogP contribution >= 0.6 is 11.6 Å². The van der Waals surface area contributed by atoms with Gasteiger partial charge in [0.15, 0.2) is 0 Å². The van der Waals surface area contributed by atoms with E-state index in [4.69, 9.17) is 16.3 Å². The van der Waals surface area contributed by atoms with Gasteiger partial charge in [0, 0.05) is 12.1 Å². The molecule has 1 aliphatic rings. The summed E-state index contributed by atoms with van der Waals surface area (Å²) in [5.41, 5.74) is -0.0750. The molecule has 0 N–H and O–H groups in total. The van der Waals surface area contributed by atoms with Crippen molar-refractivity contribution in [2.75, 3.05) is 0 Å². The summed E-state index contributed by atoms with van der Waals surface area (Å²) in [5.74, 6) is 0.0564. The molecule has 0 fully saturated rings. The second-order valence-corrected chi connectivity index (χ2v) is 3.56. The van der Waals surface area contributed by atoms with Crippen LogP contribution in [0.5, 0.6) is 5.75 Å². The number of hydrogen-bond acceptors (Lipinski definition) is 4. The van der Waals surface area contributed by atoms with Gasteiger partial charge in [0.05, 0.1) is 10.5 Å². The first-order chi connectivity index (χ1) is 7.99. The third-order valence-corrected chi connectivity index (χ3v) is 2.40. The number of nitro groups is 1. The fourth-order valence-corrected chi connectivity index (χ4v) is 1.58. The van der Waals surface area contributed by atoms with Crippen molar-refractivity contribution in [2.45, 2.75) is 12.7 Å². The number of halogens is 3. The number of ether oxygens (including phenoxy) is 1. The third-order valence-electron chi connectivity index (χ3n) is 2.10. The van der Waals surface area contributed by atoms with Crippen molar-refractivity contribution in [3.63, 3.8) is 0 Å². The zero-order valence-electron chi connectivity index (χ0n) is 8.14. The van der Waals surface area contributed by atoms with E-state index < -0.39 is 17.6 Å². The lowest BCUT2D eigenvalue weighted by molar-refractivity contribution is -0.384. The molecule has 0 radical (unpaired) electrons. The molecule has 0 bridgehead atoms. The van der Waals surface area contributed by atoms with Crippen molar-refractivity contribution in [3.05, 3.63) is 33.9 Å². The topological polar surface area (TPSA) is 64.7 Å². The molecule has 1 aliphatic heterocycles. The highest BCUT2D eigenvalue weighted by atomic mass is 35.5. The van der Waals surface area contributed by atoms with Crippen molar-refractivity contribution in [3.8, 4) is 5.75 Å². The van der Waals surface area contributed by atoms with Gasteiger partial charge in [0.2, 0.25) is 0 Å². The highest BCUT2D eigenvalue weighted by molar-refractivity contribution is 6.70. The van der Waals surface area contributed by atoms with Crippen LogP contribution in [-0.2, 0) is 0 Å². The molecule has 0 saturated carbocycles. The molecule has 0 amide bonds. The van der Waals surface area contributed by atoms with Crippen molar-refractivity contribution >= 4 is 22.5 Å². The van der Waals surface area contributed by atoms with Gasteiger partial charge in [-0.1, -0.05) is 11.6 Å². The number of nitro benzene ring substituents is 1. The van der Waals surface area contributed by atoms with Crippen LogP contribution in [0.15, 0.2) is 23.2 Å². The molecule has 5 nitrogen and oxygen atoms in total. The Labute approximate surface area is 98.8 Å². The molecular weight excluding hydrogens is 258 g/mol. The highest BCUT2D eigenvalue weighted by Gasteiger charge is 2.29. The first kappa shape index (κ1) is 11.7. The summed E-state index contributed by atoms with van der Waals surface area (Å²) in [6.45, 7) is 0. The van der Waals surface area contributed by atoms with Crippen LogP contribution in [0.1, 0.15) is 5.56 Å². The summed E-state index contributed by atoms with van der Waals surface area (Å²) in [4.78, 5) is 13.3. The average molecular weight is 263 g/mol.